The molecule has 0 saturated heterocycles. The van der Waals surface area contributed by atoms with E-state index in [2.05, 4.69) is 51.0 Å². The van der Waals surface area contributed by atoms with Gasteiger partial charge in [0.25, 0.3) is 0 Å². The lowest BCUT2D eigenvalue weighted by molar-refractivity contribution is 0.568. The minimum Gasteiger partial charge on any atom is -0.260 e. The third-order valence-corrected chi connectivity index (χ3v) is 3.09. The van der Waals surface area contributed by atoms with Gasteiger partial charge in [-0.25, -0.2) is 0 Å². The molecule has 1 aromatic rings. The van der Waals surface area contributed by atoms with Crippen molar-refractivity contribution in [3.63, 3.8) is 0 Å². The van der Waals surface area contributed by atoms with Gasteiger partial charge in [-0.1, -0.05) is 33.8 Å². The van der Waals surface area contributed by atoms with Gasteiger partial charge in [-0.05, 0) is 29.9 Å². The smallest absolute Gasteiger partial charge is 0.0457 e. The fourth-order valence-corrected chi connectivity index (χ4v) is 1.85. The molecule has 0 radical (unpaired) electrons. The highest BCUT2D eigenvalue weighted by molar-refractivity contribution is 5.26. The van der Waals surface area contributed by atoms with E-state index in [1.54, 1.807) is 0 Å². The van der Waals surface area contributed by atoms with Crippen LogP contribution in [0.25, 0.3) is 0 Å². The second-order valence-electron chi connectivity index (χ2n) is 5.55. The lowest BCUT2D eigenvalue weighted by atomic mass is 9.91. The quantitative estimate of drug-likeness (QED) is 0.659. The summed E-state index contributed by atoms with van der Waals surface area (Å²) in [5, 5.41) is 0. The molecule has 1 aliphatic carbocycles. The van der Waals surface area contributed by atoms with Crippen LogP contribution in [-0.2, 0) is 5.41 Å². The molecule has 1 nitrogen and oxygen atoms in total. The molecule has 1 fully saturated rings. The van der Waals surface area contributed by atoms with Gasteiger partial charge in [-0.3, -0.25) is 4.98 Å². The molecule has 1 heterocycles. The standard InChI is InChI=1S/C13H19N/c1-9-7-11(9)10-5-6-12(14-8-10)13(2,3)4/h5-6,8-9,11H,7H2,1-4H3. The maximum Gasteiger partial charge on any atom is 0.0457 e. The maximum absolute atomic E-state index is 4.55. The largest absolute Gasteiger partial charge is 0.260 e. The van der Waals surface area contributed by atoms with Crippen LogP contribution in [0.1, 0.15) is 51.3 Å². The minimum atomic E-state index is 0.174. The summed E-state index contributed by atoms with van der Waals surface area (Å²) in [5.74, 6) is 1.66. The summed E-state index contributed by atoms with van der Waals surface area (Å²) in [5.41, 5.74) is 2.79. The van der Waals surface area contributed by atoms with Gasteiger partial charge in [0, 0.05) is 17.3 Å². The summed E-state index contributed by atoms with van der Waals surface area (Å²) in [6, 6.07) is 4.43. The maximum atomic E-state index is 4.55. The second kappa shape index (κ2) is 3.08. The van der Waals surface area contributed by atoms with Crippen molar-refractivity contribution in [2.75, 3.05) is 0 Å². The third kappa shape index (κ3) is 1.82. The Morgan fingerprint density at radius 3 is 2.29 bits per heavy atom. The predicted molar refractivity (Wildman–Crippen MR) is 59.5 cm³/mol. The van der Waals surface area contributed by atoms with E-state index in [-0.39, 0.29) is 5.41 Å². The van der Waals surface area contributed by atoms with Crippen LogP contribution >= 0.6 is 0 Å². The lowest BCUT2D eigenvalue weighted by Gasteiger charge is -2.17. The fourth-order valence-electron chi connectivity index (χ4n) is 1.85. The highest BCUT2D eigenvalue weighted by Gasteiger charge is 2.34. The monoisotopic (exact) mass is 189 g/mol. The number of aromatic nitrogens is 1. The van der Waals surface area contributed by atoms with Crippen molar-refractivity contribution in [1.29, 1.82) is 0 Å². The molecule has 2 unspecified atom stereocenters. The summed E-state index contributed by atoms with van der Waals surface area (Å²) in [7, 11) is 0. The van der Waals surface area contributed by atoms with Gasteiger partial charge in [-0.15, -0.1) is 0 Å². The van der Waals surface area contributed by atoms with E-state index in [9.17, 15) is 0 Å². The number of hydrogen-bond acceptors (Lipinski definition) is 1. The summed E-state index contributed by atoms with van der Waals surface area (Å²) >= 11 is 0. The Morgan fingerprint density at radius 1 is 1.29 bits per heavy atom. The Bertz CT molecular complexity index is 318. The Hall–Kier alpha value is -0.850. The minimum absolute atomic E-state index is 0.174. The zero-order valence-electron chi connectivity index (χ0n) is 9.54. The highest BCUT2D eigenvalue weighted by atomic mass is 14.7. The summed E-state index contributed by atoms with van der Waals surface area (Å²) in [6.07, 6.45) is 3.41. The average molecular weight is 189 g/mol. The van der Waals surface area contributed by atoms with Crippen molar-refractivity contribution in [1.82, 2.24) is 4.98 Å². The van der Waals surface area contributed by atoms with Gasteiger partial charge in [0.15, 0.2) is 0 Å². The third-order valence-electron chi connectivity index (χ3n) is 3.09. The molecule has 76 valence electrons. The predicted octanol–water partition coefficient (Wildman–Crippen LogP) is 3.50. The van der Waals surface area contributed by atoms with E-state index in [1.807, 2.05) is 0 Å². The van der Waals surface area contributed by atoms with Crippen LogP contribution < -0.4 is 0 Å². The van der Waals surface area contributed by atoms with Crippen molar-refractivity contribution < 1.29 is 0 Å². The number of rotatable bonds is 1. The molecule has 1 aromatic heterocycles. The second-order valence-corrected chi connectivity index (χ2v) is 5.55. The lowest BCUT2D eigenvalue weighted by Crippen LogP contribution is -2.13. The first-order valence-corrected chi connectivity index (χ1v) is 5.45. The van der Waals surface area contributed by atoms with E-state index < -0.39 is 0 Å². The fraction of sp³-hybridized carbons (Fsp3) is 0.615. The van der Waals surface area contributed by atoms with Crippen LogP contribution in [0.15, 0.2) is 18.3 Å². The summed E-state index contributed by atoms with van der Waals surface area (Å²) in [4.78, 5) is 4.55. The molecule has 0 N–H and O–H groups in total. The highest BCUT2D eigenvalue weighted by Crippen LogP contribution is 2.46. The molecule has 0 aromatic carbocycles. The zero-order chi connectivity index (χ0) is 10.3. The van der Waals surface area contributed by atoms with Crippen LogP contribution in [0.3, 0.4) is 0 Å². The van der Waals surface area contributed by atoms with Crippen LogP contribution in [0.4, 0.5) is 0 Å². The topological polar surface area (TPSA) is 12.9 Å². The van der Waals surface area contributed by atoms with Gasteiger partial charge in [0.05, 0.1) is 0 Å². The first-order valence-electron chi connectivity index (χ1n) is 5.45. The molecule has 1 saturated carbocycles. The van der Waals surface area contributed by atoms with Crippen LogP contribution in [-0.4, -0.2) is 4.98 Å². The Labute approximate surface area is 86.6 Å². The van der Waals surface area contributed by atoms with Gasteiger partial charge < -0.3 is 0 Å². The Balaban J connectivity index is 2.18. The van der Waals surface area contributed by atoms with Crippen LogP contribution in [0, 0.1) is 5.92 Å². The molecule has 1 heteroatoms. The molecule has 2 rings (SSSR count). The SMILES string of the molecule is CC1CC1c1ccc(C(C)(C)C)nc1. The number of nitrogens with zero attached hydrogens (tertiary/aromatic N) is 1. The van der Waals surface area contributed by atoms with E-state index >= 15 is 0 Å². The normalized spacial score (nSPS) is 26.3. The van der Waals surface area contributed by atoms with Crippen molar-refractivity contribution in [3.05, 3.63) is 29.6 Å². The van der Waals surface area contributed by atoms with Gasteiger partial charge in [0.2, 0.25) is 0 Å². The molecule has 2 atom stereocenters. The summed E-state index contributed by atoms with van der Waals surface area (Å²) < 4.78 is 0. The molecule has 0 aliphatic heterocycles. The zero-order valence-corrected chi connectivity index (χ0v) is 9.54. The van der Waals surface area contributed by atoms with Crippen LogP contribution in [0.2, 0.25) is 0 Å². The number of hydrogen-bond donors (Lipinski definition) is 0. The van der Waals surface area contributed by atoms with Crippen molar-refractivity contribution in [3.8, 4) is 0 Å². The molecular weight excluding hydrogens is 170 g/mol. The van der Waals surface area contributed by atoms with Gasteiger partial charge in [0.1, 0.15) is 0 Å². The average Bonchev–Trinajstić information content (AvgIpc) is 2.81. The Kier molecular flexibility index (Phi) is 2.13. The van der Waals surface area contributed by atoms with Gasteiger partial charge >= 0.3 is 0 Å². The molecule has 1 aliphatic rings. The van der Waals surface area contributed by atoms with E-state index in [0.717, 1.165) is 11.8 Å². The van der Waals surface area contributed by atoms with Crippen molar-refractivity contribution >= 4 is 0 Å². The molecular formula is C13H19N. The van der Waals surface area contributed by atoms with Crippen molar-refractivity contribution in [2.45, 2.75) is 45.4 Å². The summed E-state index contributed by atoms with van der Waals surface area (Å²) in [6.45, 7) is 8.92. The van der Waals surface area contributed by atoms with Gasteiger partial charge in [-0.2, -0.15) is 0 Å². The van der Waals surface area contributed by atoms with Crippen molar-refractivity contribution in [2.24, 2.45) is 5.92 Å². The van der Waals surface area contributed by atoms with Crippen LogP contribution in [0.5, 0.6) is 0 Å². The van der Waals surface area contributed by atoms with E-state index in [4.69, 9.17) is 0 Å². The first kappa shape index (κ1) is 9.70. The van der Waals surface area contributed by atoms with E-state index in [1.165, 1.54) is 17.7 Å². The molecule has 14 heavy (non-hydrogen) atoms. The molecule has 0 amide bonds. The first-order chi connectivity index (χ1) is 6.48. The Morgan fingerprint density at radius 2 is 1.93 bits per heavy atom. The number of pyridine rings is 1. The molecule has 0 bridgehead atoms. The molecule has 0 spiro atoms. The van der Waals surface area contributed by atoms with E-state index in [0.29, 0.717) is 0 Å².